The van der Waals surface area contributed by atoms with Gasteiger partial charge in [0.25, 0.3) is 0 Å². The summed E-state index contributed by atoms with van der Waals surface area (Å²) in [5.74, 6) is -1.78. The van der Waals surface area contributed by atoms with Crippen molar-refractivity contribution in [1.29, 1.82) is 0 Å². The zero-order chi connectivity index (χ0) is 26.9. The molecule has 0 aliphatic rings. The first-order chi connectivity index (χ1) is 18.1. The van der Waals surface area contributed by atoms with Crippen molar-refractivity contribution in [1.82, 2.24) is 0 Å². The number of unbranched alkanes of at least 4 members (excludes halogenated alkanes) is 21. The predicted molar refractivity (Wildman–Crippen MR) is 163 cm³/mol. The molecule has 1 unspecified atom stereocenters. The van der Waals surface area contributed by atoms with Gasteiger partial charge in [-0.15, -0.1) is 0 Å². The van der Waals surface area contributed by atoms with Gasteiger partial charge < -0.3 is 10.2 Å². The van der Waals surface area contributed by atoms with Crippen molar-refractivity contribution in [3.63, 3.8) is 0 Å². The molecule has 2 N–H and O–H groups in total. The third-order valence-electron chi connectivity index (χ3n) is 8.33. The highest BCUT2D eigenvalue weighted by Gasteiger charge is 2.35. The summed E-state index contributed by atoms with van der Waals surface area (Å²) >= 11 is 0. The molecule has 216 valence electrons. The summed E-state index contributed by atoms with van der Waals surface area (Å²) in [7, 11) is 0. The van der Waals surface area contributed by atoms with Crippen LogP contribution in [-0.2, 0) is 5.79 Å². The van der Waals surface area contributed by atoms with E-state index in [4.69, 9.17) is 0 Å². The fraction of sp³-hybridized carbons (Fsp3) is 0.829. The summed E-state index contributed by atoms with van der Waals surface area (Å²) in [6, 6.07) is 9.50. The zero-order valence-corrected chi connectivity index (χ0v) is 25.0. The Labute approximate surface area is 232 Å². The molecule has 2 heteroatoms. The first-order valence-corrected chi connectivity index (χ1v) is 16.6. The van der Waals surface area contributed by atoms with Gasteiger partial charge in [0.05, 0.1) is 0 Å². The van der Waals surface area contributed by atoms with Crippen LogP contribution in [0.5, 0.6) is 0 Å². The number of benzene rings is 1. The van der Waals surface area contributed by atoms with E-state index in [1.54, 1.807) is 0 Å². The van der Waals surface area contributed by atoms with Crippen LogP contribution < -0.4 is 0 Å². The Kier molecular flexibility index (Phi) is 22.3. The predicted octanol–water partition coefficient (Wildman–Crippen LogP) is 11.2. The van der Waals surface area contributed by atoms with Gasteiger partial charge in [0.15, 0.2) is 5.79 Å². The molecule has 0 aliphatic carbocycles. The topological polar surface area (TPSA) is 40.5 Å². The zero-order valence-electron chi connectivity index (χ0n) is 25.0. The van der Waals surface area contributed by atoms with E-state index in [2.05, 4.69) is 13.8 Å². The molecular formula is C35H64O2. The second kappa shape index (κ2) is 24.2. The lowest BCUT2D eigenvalue weighted by atomic mass is 9.83. The largest absolute Gasteiger partial charge is 0.362 e. The molecule has 0 heterocycles. The van der Waals surface area contributed by atoms with Crippen molar-refractivity contribution in [2.24, 2.45) is 5.92 Å². The maximum atomic E-state index is 11.1. The number of aliphatic hydroxyl groups is 2. The lowest BCUT2D eigenvalue weighted by Crippen LogP contribution is -2.35. The summed E-state index contributed by atoms with van der Waals surface area (Å²) in [6.07, 6.45) is 32.6. The lowest BCUT2D eigenvalue weighted by molar-refractivity contribution is -0.214. The van der Waals surface area contributed by atoms with E-state index in [9.17, 15) is 10.2 Å². The Morgan fingerprint density at radius 1 is 0.459 bits per heavy atom. The minimum Gasteiger partial charge on any atom is -0.362 e. The summed E-state index contributed by atoms with van der Waals surface area (Å²) in [5.41, 5.74) is 0.652. The minimum absolute atomic E-state index is 0.0720. The van der Waals surface area contributed by atoms with Gasteiger partial charge in [-0.25, -0.2) is 0 Å². The van der Waals surface area contributed by atoms with Gasteiger partial charge in [0.2, 0.25) is 0 Å². The number of rotatable bonds is 27. The first-order valence-electron chi connectivity index (χ1n) is 16.6. The molecule has 0 saturated carbocycles. The highest BCUT2D eigenvalue weighted by atomic mass is 16.5. The molecule has 1 aromatic carbocycles. The molecule has 0 radical (unpaired) electrons. The Morgan fingerprint density at radius 3 is 1.08 bits per heavy atom. The van der Waals surface area contributed by atoms with Gasteiger partial charge in [-0.1, -0.05) is 192 Å². The van der Waals surface area contributed by atoms with E-state index in [1.807, 2.05) is 30.3 Å². The fourth-order valence-corrected chi connectivity index (χ4v) is 5.75. The molecule has 1 aromatic rings. The highest BCUT2D eigenvalue weighted by Crippen LogP contribution is 2.35. The van der Waals surface area contributed by atoms with E-state index in [-0.39, 0.29) is 5.92 Å². The summed E-state index contributed by atoms with van der Waals surface area (Å²) < 4.78 is 0. The summed E-state index contributed by atoms with van der Waals surface area (Å²) in [5, 5.41) is 22.2. The molecule has 0 spiro atoms. The van der Waals surface area contributed by atoms with Crippen LogP contribution in [0.2, 0.25) is 0 Å². The van der Waals surface area contributed by atoms with Crippen LogP contribution in [0.25, 0.3) is 0 Å². The van der Waals surface area contributed by atoms with Crippen LogP contribution in [0.3, 0.4) is 0 Å². The van der Waals surface area contributed by atoms with Crippen molar-refractivity contribution in [2.45, 2.75) is 180 Å². The van der Waals surface area contributed by atoms with E-state index in [1.165, 1.54) is 135 Å². The average Bonchev–Trinajstić information content (AvgIpc) is 2.91. The van der Waals surface area contributed by atoms with Crippen molar-refractivity contribution in [2.75, 3.05) is 0 Å². The van der Waals surface area contributed by atoms with Crippen LogP contribution in [0, 0.1) is 5.92 Å². The van der Waals surface area contributed by atoms with Crippen LogP contribution in [0.4, 0.5) is 0 Å². The SMILES string of the molecule is CCCCCCCCCCCCCCCCCCC(CCCCCCCCC)C(O)(O)c1ccccc1. The van der Waals surface area contributed by atoms with E-state index < -0.39 is 5.79 Å². The third-order valence-corrected chi connectivity index (χ3v) is 8.33. The molecule has 0 bridgehead atoms. The molecule has 0 aromatic heterocycles. The molecule has 2 nitrogen and oxygen atoms in total. The molecule has 0 aliphatic heterocycles. The normalized spacial score (nSPS) is 12.8. The second-order valence-electron chi connectivity index (χ2n) is 11.8. The van der Waals surface area contributed by atoms with Crippen molar-refractivity contribution < 1.29 is 10.2 Å². The van der Waals surface area contributed by atoms with Crippen molar-refractivity contribution >= 4 is 0 Å². The van der Waals surface area contributed by atoms with Gasteiger partial charge in [-0.2, -0.15) is 0 Å². The van der Waals surface area contributed by atoms with Crippen LogP contribution in [-0.4, -0.2) is 10.2 Å². The standard InChI is InChI=1S/C35H64O2/c1-3-5-7-9-11-12-13-14-15-16-17-18-19-21-23-26-30-33(29-25-22-20-10-8-6-4-2)35(36,37)34-31-27-24-28-32-34/h24,27-28,31-33,36-37H,3-23,25-26,29-30H2,1-2H3. The van der Waals surface area contributed by atoms with Crippen molar-refractivity contribution in [3.8, 4) is 0 Å². The number of hydrogen-bond acceptors (Lipinski definition) is 2. The van der Waals surface area contributed by atoms with Gasteiger partial charge >= 0.3 is 0 Å². The van der Waals surface area contributed by atoms with Gasteiger partial charge in [0.1, 0.15) is 0 Å². The third kappa shape index (κ3) is 18.1. The fourth-order valence-electron chi connectivity index (χ4n) is 5.75. The Balaban J connectivity index is 2.16. The van der Waals surface area contributed by atoms with Gasteiger partial charge in [0, 0.05) is 11.5 Å². The van der Waals surface area contributed by atoms with Crippen molar-refractivity contribution in [3.05, 3.63) is 35.9 Å². The molecule has 0 amide bonds. The van der Waals surface area contributed by atoms with E-state index in [0.29, 0.717) is 5.56 Å². The summed E-state index contributed by atoms with van der Waals surface area (Å²) in [4.78, 5) is 0. The summed E-state index contributed by atoms with van der Waals surface area (Å²) in [6.45, 7) is 4.55. The molecule has 0 fully saturated rings. The molecule has 1 rings (SSSR count). The maximum Gasteiger partial charge on any atom is 0.192 e. The van der Waals surface area contributed by atoms with E-state index in [0.717, 1.165) is 25.7 Å². The molecule has 1 atom stereocenters. The van der Waals surface area contributed by atoms with Crippen LogP contribution in [0.1, 0.15) is 180 Å². The monoisotopic (exact) mass is 516 g/mol. The quantitative estimate of drug-likeness (QED) is 0.0901. The lowest BCUT2D eigenvalue weighted by Gasteiger charge is -2.32. The smallest absolute Gasteiger partial charge is 0.192 e. The second-order valence-corrected chi connectivity index (χ2v) is 11.8. The Morgan fingerprint density at radius 2 is 0.757 bits per heavy atom. The molecular weight excluding hydrogens is 452 g/mol. The Bertz CT molecular complexity index is 582. The maximum absolute atomic E-state index is 11.1. The first kappa shape index (κ1) is 34.2. The average molecular weight is 517 g/mol. The Hall–Kier alpha value is -0.860. The van der Waals surface area contributed by atoms with Crippen LogP contribution in [0.15, 0.2) is 30.3 Å². The van der Waals surface area contributed by atoms with Crippen LogP contribution >= 0.6 is 0 Å². The number of hydrogen-bond donors (Lipinski definition) is 2. The molecule has 0 saturated heterocycles. The molecule has 37 heavy (non-hydrogen) atoms. The minimum atomic E-state index is -1.71. The van der Waals surface area contributed by atoms with E-state index >= 15 is 0 Å². The highest BCUT2D eigenvalue weighted by molar-refractivity contribution is 5.20. The van der Waals surface area contributed by atoms with Gasteiger partial charge in [-0.05, 0) is 12.8 Å². The van der Waals surface area contributed by atoms with Gasteiger partial charge in [-0.3, -0.25) is 0 Å².